The Hall–Kier alpha value is -0.420. The summed E-state index contributed by atoms with van der Waals surface area (Å²) in [5.41, 5.74) is 0. The van der Waals surface area contributed by atoms with E-state index >= 15 is 0 Å². The number of nitrogens with zero attached hydrogens (tertiary/aromatic N) is 3. The van der Waals surface area contributed by atoms with Gasteiger partial charge < -0.3 is 20.3 Å². The van der Waals surface area contributed by atoms with E-state index in [-0.39, 0.29) is 24.0 Å². The quantitative estimate of drug-likeness (QED) is 0.296. The Bertz CT molecular complexity index is 607. The van der Waals surface area contributed by atoms with E-state index in [0.717, 1.165) is 51.3 Å². The Labute approximate surface area is 203 Å². The fourth-order valence-corrected chi connectivity index (χ4v) is 5.30. The van der Waals surface area contributed by atoms with Crippen molar-refractivity contribution >= 4 is 41.3 Å². The van der Waals surface area contributed by atoms with E-state index in [0.29, 0.717) is 12.0 Å². The number of nitrogens with one attached hydrogen (secondary N) is 2. The predicted molar refractivity (Wildman–Crippen MR) is 138 cm³/mol. The first-order valence-corrected chi connectivity index (χ1v) is 12.1. The first-order chi connectivity index (χ1) is 14.2. The van der Waals surface area contributed by atoms with E-state index in [1.54, 1.807) is 0 Å². The predicted octanol–water partition coefficient (Wildman–Crippen LogP) is 3.27. The van der Waals surface area contributed by atoms with Gasteiger partial charge in [-0.15, -0.1) is 35.3 Å². The smallest absolute Gasteiger partial charge is 0.191 e. The molecule has 30 heavy (non-hydrogen) atoms. The summed E-state index contributed by atoms with van der Waals surface area (Å²) in [5, 5.41) is 9.35. The molecule has 2 N–H and O–H groups in total. The SMILES string of the molecule is CN=C(NCC1CCCN(CC(C)C)C1)NCC(c1cccs1)N1CCOCC1.I. The molecule has 0 amide bonds. The number of morpholine rings is 1. The molecule has 3 heterocycles. The largest absolute Gasteiger partial charge is 0.379 e. The van der Waals surface area contributed by atoms with Crippen LogP contribution in [0.5, 0.6) is 0 Å². The van der Waals surface area contributed by atoms with Crippen LogP contribution >= 0.6 is 35.3 Å². The summed E-state index contributed by atoms with van der Waals surface area (Å²) < 4.78 is 5.55. The number of ether oxygens (including phenoxy) is 1. The van der Waals surface area contributed by atoms with Crippen LogP contribution in [-0.2, 0) is 4.74 Å². The number of hydrogen-bond donors (Lipinski definition) is 2. The Balaban J connectivity index is 0.00000320. The van der Waals surface area contributed by atoms with Crippen LogP contribution in [0.1, 0.15) is 37.6 Å². The van der Waals surface area contributed by atoms with Crippen molar-refractivity contribution in [3.05, 3.63) is 22.4 Å². The molecular weight excluding hydrogens is 509 g/mol. The molecule has 2 aliphatic rings. The van der Waals surface area contributed by atoms with Gasteiger partial charge in [0.2, 0.25) is 0 Å². The van der Waals surface area contributed by atoms with Gasteiger partial charge in [-0.05, 0) is 42.7 Å². The summed E-state index contributed by atoms with van der Waals surface area (Å²) in [6.45, 7) is 13.8. The number of likely N-dealkylation sites (tertiary alicyclic amines) is 1. The van der Waals surface area contributed by atoms with Crippen molar-refractivity contribution < 1.29 is 4.74 Å². The highest BCUT2D eigenvalue weighted by Crippen LogP contribution is 2.25. The van der Waals surface area contributed by atoms with Gasteiger partial charge in [-0.3, -0.25) is 9.89 Å². The Morgan fingerprint density at radius 2 is 2.07 bits per heavy atom. The van der Waals surface area contributed by atoms with Gasteiger partial charge in [-0.1, -0.05) is 19.9 Å². The number of thiophene rings is 1. The third-order valence-corrected chi connectivity index (χ3v) is 6.80. The summed E-state index contributed by atoms with van der Waals surface area (Å²) >= 11 is 1.84. The molecule has 6 nitrogen and oxygen atoms in total. The molecule has 0 aromatic carbocycles. The van der Waals surface area contributed by atoms with E-state index in [9.17, 15) is 0 Å². The highest BCUT2D eigenvalue weighted by atomic mass is 127. The molecule has 2 atom stereocenters. The summed E-state index contributed by atoms with van der Waals surface area (Å²) in [6, 6.07) is 4.76. The monoisotopic (exact) mass is 549 g/mol. The Morgan fingerprint density at radius 3 is 2.73 bits per heavy atom. The molecule has 8 heteroatoms. The highest BCUT2D eigenvalue weighted by Gasteiger charge is 2.24. The fraction of sp³-hybridized carbons (Fsp3) is 0.773. The average molecular weight is 550 g/mol. The third-order valence-electron chi connectivity index (χ3n) is 5.83. The zero-order valence-corrected chi connectivity index (χ0v) is 22.0. The van der Waals surface area contributed by atoms with Crippen molar-refractivity contribution in [1.29, 1.82) is 0 Å². The first kappa shape index (κ1) is 25.8. The van der Waals surface area contributed by atoms with Crippen molar-refractivity contribution in [2.75, 3.05) is 66.1 Å². The van der Waals surface area contributed by atoms with E-state index < -0.39 is 0 Å². The minimum Gasteiger partial charge on any atom is -0.379 e. The minimum atomic E-state index is 0. The van der Waals surface area contributed by atoms with Crippen LogP contribution in [0.25, 0.3) is 0 Å². The average Bonchev–Trinajstić information content (AvgIpc) is 3.25. The topological polar surface area (TPSA) is 52.1 Å². The van der Waals surface area contributed by atoms with E-state index in [1.807, 2.05) is 18.4 Å². The number of hydrogen-bond acceptors (Lipinski definition) is 5. The maximum absolute atomic E-state index is 5.55. The zero-order chi connectivity index (χ0) is 20.5. The first-order valence-electron chi connectivity index (χ1n) is 11.2. The van der Waals surface area contributed by atoms with E-state index in [2.05, 4.69) is 56.8 Å². The van der Waals surface area contributed by atoms with Crippen molar-refractivity contribution in [1.82, 2.24) is 20.4 Å². The molecule has 2 unspecified atom stereocenters. The van der Waals surface area contributed by atoms with Gasteiger partial charge in [0, 0.05) is 51.2 Å². The maximum atomic E-state index is 5.55. The van der Waals surface area contributed by atoms with E-state index in [1.165, 1.54) is 37.4 Å². The molecule has 3 rings (SSSR count). The zero-order valence-electron chi connectivity index (χ0n) is 18.8. The molecule has 172 valence electrons. The van der Waals surface area contributed by atoms with Crippen LogP contribution in [-0.4, -0.2) is 81.8 Å². The van der Waals surface area contributed by atoms with Gasteiger partial charge >= 0.3 is 0 Å². The highest BCUT2D eigenvalue weighted by molar-refractivity contribution is 14.0. The lowest BCUT2D eigenvalue weighted by atomic mass is 9.97. The van der Waals surface area contributed by atoms with Crippen molar-refractivity contribution in [2.45, 2.75) is 32.7 Å². The second kappa shape index (κ2) is 13.9. The van der Waals surface area contributed by atoms with Crippen LogP contribution in [0.3, 0.4) is 0 Å². The molecule has 0 radical (unpaired) electrons. The van der Waals surface area contributed by atoms with Gasteiger partial charge in [0.1, 0.15) is 0 Å². The maximum Gasteiger partial charge on any atom is 0.191 e. The molecule has 0 bridgehead atoms. The molecular formula is C22H40IN5OS. The van der Waals surface area contributed by atoms with Gasteiger partial charge in [0.15, 0.2) is 5.96 Å². The van der Waals surface area contributed by atoms with Gasteiger partial charge in [-0.2, -0.15) is 0 Å². The molecule has 0 spiro atoms. The number of rotatable bonds is 8. The van der Waals surface area contributed by atoms with Crippen LogP contribution in [0.2, 0.25) is 0 Å². The molecule has 0 saturated carbocycles. The number of guanidine groups is 1. The van der Waals surface area contributed by atoms with Crippen LogP contribution in [0.15, 0.2) is 22.5 Å². The summed E-state index contributed by atoms with van der Waals surface area (Å²) in [5.74, 6) is 2.36. The van der Waals surface area contributed by atoms with Crippen LogP contribution < -0.4 is 10.6 Å². The Kier molecular flexibility index (Phi) is 12.0. The van der Waals surface area contributed by atoms with Crippen molar-refractivity contribution in [2.24, 2.45) is 16.8 Å². The van der Waals surface area contributed by atoms with Crippen molar-refractivity contribution in [3.63, 3.8) is 0 Å². The molecule has 1 aromatic rings. The normalized spacial score (nSPS) is 22.5. The Morgan fingerprint density at radius 1 is 1.27 bits per heavy atom. The molecule has 2 saturated heterocycles. The van der Waals surface area contributed by atoms with E-state index in [4.69, 9.17) is 4.74 Å². The summed E-state index contributed by atoms with van der Waals surface area (Å²) in [6.07, 6.45) is 2.62. The fourth-order valence-electron chi connectivity index (χ4n) is 4.43. The number of piperidine rings is 1. The van der Waals surface area contributed by atoms with Gasteiger partial charge in [0.25, 0.3) is 0 Å². The molecule has 2 fully saturated rings. The number of halogens is 1. The van der Waals surface area contributed by atoms with Crippen LogP contribution in [0.4, 0.5) is 0 Å². The second-order valence-corrected chi connectivity index (χ2v) is 9.65. The molecule has 1 aromatic heterocycles. The molecule has 2 aliphatic heterocycles. The third kappa shape index (κ3) is 8.26. The van der Waals surface area contributed by atoms with Gasteiger partial charge in [-0.25, -0.2) is 0 Å². The van der Waals surface area contributed by atoms with Gasteiger partial charge in [0.05, 0.1) is 19.3 Å². The molecule has 0 aliphatic carbocycles. The lowest BCUT2D eigenvalue weighted by Crippen LogP contribution is -2.48. The lowest BCUT2D eigenvalue weighted by Gasteiger charge is -2.35. The van der Waals surface area contributed by atoms with Crippen LogP contribution in [0, 0.1) is 11.8 Å². The van der Waals surface area contributed by atoms with Crippen molar-refractivity contribution in [3.8, 4) is 0 Å². The lowest BCUT2D eigenvalue weighted by molar-refractivity contribution is 0.0177. The standard InChI is InChI=1S/C22H39N5OS.HI/c1-18(2)16-26-8-4-6-19(17-26)14-24-22(23-3)25-15-20(21-7-5-13-29-21)27-9-11-28-12-10-27;/h5,7,13,18-20H,4,6,8-12,14-17H2,1-3H3,(H2,23,24,25);1H. The second-order valence-electron chi connectivity index (χ2n) is 8.68. The minimum absolute atomic E-state index is 0. The number of aliphatic imine (C=N–C) groups is 1. The summed E-state index contributed by atoms with van der Waals surface area (Å²) in [4.78, 5) is 11.0. The summed E-state index contributed by atoms with van der Waals surface area (Å²) in [7, 11) is 1.87.